The molecule has 0 saturated carbocycles. The Bertz CT molecular complexity index is 1210. The minimum atomic E-state index is -4.80. The number of phosphoric ester groups is 1. The topological polar surface area (TPSA) is 140 Å². The Hall–Kier alpha value is -2.55. The third-order valence-electron chi connectivity index (χ3n) is 9.76. The Balaban J connectivity index is 4.05. The van der Waals surface area contributed by atoms with Crippen LogP contribution in [-0.2, 0) is 28.2 Å². The van der Waals surface area contributed by atoms with Gasteiger partial charge < -0.3 is 24.4 Å². The van der Waals surface area contributed by atoms with Crippen LogP contribution in [-0.4, -0.2) is 52.3 Å². The van der Waals surface area contributed by atoms with Gasteiger partial charge in [0.05, 0.1) is 12.7 Å². The van der Waals surface area contributed by atoms with Gasteiger partial charge in [-0.1, -0.05) is 209 Å². The number of rotatable bonds is 41. The van der Waals surface area contributed by atoms with E-state index in [1.54, 1.807) is 18.2 Å². The quantitative estimate of drug-likeness (QED) is 0.0180. The van der Waals surface area contributed by atoms with Crippen molar-refractivity contribution in [2.75, 3.05) is 13.2 Å². The molecule has 10 heteroatoms. The molecule has 0 aliphatic heterocycles. The zero-order chi connectivity index (χ0) is 43.5. The van der Waals surface area contributed by atoms with Crippen molar-refractivity contribution in [1.29, 1.82) is 0 Å². The number of hydrogen-bond acceptors (Lipinski definition) is 7. The van der Waals surface area contributed by atoms with Gasteiger partial charge in [-0.05, 0) is 50.9 Å². The first-order chi connectivity index (χ1) is 28.5. The van der Waals surface area contributed by atoms with Crippen molar-refractivity contribution in [3.05, 3.63) is 72.9 Å². The molecule has 0 aromatic heterocycles. The van der Waals surface area contributed by atoms with E-state index in [-0.39, 0.29) is 19.4 Å². The highest BCUT2D eigenvalue weighted by atomic mass is 31.2. The maximum absolute atomic E-state index is 12.5. The van der Waals surface area contributed by atoms with Gasteiger partial charge >= 0.3 is 19.8 Å². The summed E-state index contributed by atoms with van der Waals surface area (Å²) in [6.07, 6.45) is 50.9. The molecule has 340 valence electrons. The van der Waals surface area contributed by atoms with Gasteiger partial charge in [0.1, 0.15) is 6.61 Å². The maximum Gasteiger partial charge on any atom is 0.469 e. The highest BCUT2D eigenvalue weighted by Gasteiger charge is 2.22. The molecular weight excluding hydrogens is 764 g/mol. The van der Waals surface area contributed by atoms with Crippen LogP contribution >= 0.6 is 7.82 Å². The van der Waals surface area contributed by atoms with Crippen LogP contribution in [0.5, 0.6) is 0 Å². The van der Waals surface area contributed by atoms with Crippen molar-refractivity contribution in [3.63, 3.8) is 0 Å². The third-order valence-corrected chi connectivity index (χ3v) is 10.2. The lowest BCUT2D eigenvalue weighted by Gasteiger charge is -2.18. The van der Waals surface area contributed by atoms with Gasteiger partial charge in [0.25, 0.3) is 0 Å². The molecule has 0 rings (SSSR count). The molecule has 0 aliphatic carbocycles. The Labute approximate surface area is 360 Å². The van der Waals surface area contributed by atoms with E-state index < -0.39 is 38.6 Å². The molecule has 2 atom stereocenters. The first-order valence-corrected chi connectivity index (χ1v) is 24.7. The molecule has 0 heterocycles. The summed E-state index contributed by atoms with van der Waals surface area (Å²) in [5.41, 5.74) is 0. The van der Waals surface area contributed by atoms with E-state index in [1.165, 1.54) is 96.3 Å². The molecular formula is C49H85O9P. The van der Waals surface area contributed by atoms with Crippen molar-refractivity contribution in [2.45, 2.75) is 206 Å². The lowest BCUT2D eigenvalue weighted by Crippen LogP contribution is -2.29. The molecule has 0 fully saturated rings. The van der Waals surface area contributed by atoms with Gasteiger partial charge in [0, 0.05) is 12.8 Å². The fourth-order valence-electron chi connectivity index (χ4n) is 6.32. The Morgan fingerprint density at radius 2 is 1.07 bits per heavy atom. The minimum absolute atomic E-state index is 0.0589. The second-order valence-electron chi connectivity index (χ2n) is 16.0. The van der Waals surface area contributed by atoms with Crippen LogP contribution in [0.2, 0.25) is 0 Å². The molecule has 0 amide bonds. The molecule has 59 heavy (non-hydrogen) atoms. The summed E-state index contributed by atoms with van der Waals surface area (Å²) >= 11 is 0. The second kappa shape index (κ2) is 42.2. The normalized spacial score (nSPS) is 13.7. The van der Waals surface area contributed by atoms with Crippen LogP contribution in [0.25, 0.3) is 0 Å². The maximum atomic E-state index is 12.5. The fraction of sp³-hybridized carbons (Fsp3) is 0.714. The number of phosphoric acid groups is 1. The van der Waals surface area contributed by atoms with Gasteiger partial charge in [-0.15, -0.1) is 0 Å². The monoisotopic (exact) mass is 849 g/mol. The number of esters is 2. The zero-order valence-corrected chi connectivity index (χ0v) is 38.3. The van der Waals surface area contributed by atoms with Gasteiger partial charge in [0.15, 0.2) is 6.10 Å². The van der Waals surface area contributed by atoms with Crippen LogP contribution in [0.1, 0.15) is 194 Å². The van der Waals surface area contributed by atoms with E-state index in [1.807, 2.05) is 18.2 Å². The van der Waals surface area contributed by atoms with Crippen LogP contribution in [0.4, 0.5) is 0 Å². The molecule has 3 N–H and O–H groups in total. The number of aliphatic hydroxyl groups excluding tert-OH is 1. The number of aliphatic hydroxyl groups is 1. The average molecular weight is 849 g/mol. The summed E-state index contributed by atoms with van der Waals surface area (Å²) in [6, 6.07) is 0. The number of hydrogen-bond donors (Lipinski definition) is 3. The van der Waals surface area contributed by atoms with Crippen LogP contribution in [0, 0.1) is 5.92 Å². The first kappa shape index (κ1) is 56.5. The minimum Gasteiger partial charge on any atom is -0.462 e. The lowest BCUT2D eigenvalue weighted by atomic mass is 10.0. The van der Waals surface area contributed by atoms with Gasteiger partial charge in [-0.3, -0.25) is 14.1 Å². The summed E-state index contributed by atoms with van der Waals surface area (Å²) in [4.78, 5) is 43.0. The molecule has 0 aromatic carbocycles. The highest BCUT2D eigenvalue weighted by Crippen LogP contribution is 2.36. The van der Waals surface area contributed by atoms with Crippen molar-refractivity contribution in [1.82, 2.24) is 0 Å². The fourth-order valence-corrected chi connectivity index (χ4v) is 6.68. The third kappa shape index (κ3) is 46.4. The zero-order valence-electron chi connectivity index (χ0n) is 37.4. The largest absolute Gasteiger partial charge is 0.469 e. The van der Waals surface area contributed by atoms with Gasteiger partial charge in [0.2, 0.25) is 0 Å². The van der Waals surface area contributed by atoms with Gasteiger partial charge in [-0.2, -0.15) is 0 Å². The summed E-state index contributed by atoms with van der Waals surface area (Å²) < 4.78 is 26.3. The number of unbranched alkanes of at least 4 members (excludes halogenated alkanes) is 17. The van der Waals surface area contributed by atoms with Crippen LogP contribution in [0.15, 0.2) is 72.9 Å². The van der Waals surface area contributed by atoms with E-state index in [2.05, 4.69) is 61.8 Å². The lowest BCUT2D eigenvalue weighted by molar-refractivity contribution is -0.161. The molecule has 0 radical (unpaired) electrons. The van der Waals surface area contributed by atoms with Crippen LogP contribution < -0.4 is 0 Å². The number of ether oxygens (including phenoxy) is 2. The molecule has 0 aromatic rings. The first-order valence-electron chi connectivity index (χ1n) is 23.2. The van der Waals surface area contributed by atoms with E-state index >= 15 is 0 Å². The number of carbonyl (C=O) groups is 2. The molecule has 0 saturated heterocycles. The predicted molar refractivity (Wildman–Crippen MR) is 245 cm³/mol. The summed E-state index contributed by atoms with van der Waals surface area (Å²) in [5, 5.41) is 10.2. The predicted octanol–water partition coefficient (Wildman–Crippen LogP) is 13.5. The Morgan fingerprint density at radius 1 is 0.576 bits per heavy atom. The van der Waals surface area contributed by atoms with Crippen molar-refractivity contribution >= 4 is 19.8 Å². The van der Waals surface area contributed by atoms with Crippen molar-refractivity contribution < 1.29 is 43.0 Å². The highest BCUT2D eigenvalue weighted by molar-refractivity contribution is 7.46. The van der Waals surface area contributed by atoms with E-state index in [9.17, 15) is 19.3 Å². The second-order valence-corrected chi connectivity index (χ2v) is 17.3. The van der Waals surface area contributed by atoms with Gasteiger partial charge in [-0.25, -0.2) is 4.57 Å². The van der Waals surface area contributed by atoms with E-state index in [0.29, 0.717) is 19.3 Å². The van der Waals surface area contributed by atoms with E-state index in [0.717, 1.165) is 50.9 Å². The van der Waals surface area contributed by atoms with E-state index in [4.69, 9.17) is 19.3 Å². The summed E-state index contributed by atoms with van der Waals surface area (Å²) in [7, 11) is -4.80. The SMILES string of the molecule is CC/C=C\C/C=C\C/C=C\C/C=C\C=C/C(O)C/C=C\CCC(=O)OC[C@H](COP(=O)(O)O)OC(=O)CCCCCCCCCCCCCCCCCCCCC(C)C. The van der Waals surface area contributed by atoms with Crippen molar-refractivity contribution in [3.8, 4) is 0 Å². The number of allylic oxidation sites excluding steroid dienone is 10. The summed E-state index contributed by atoms with van der Waals surface area (Å²) in [5.74, 6) is -0.224. The Morgan fingerprint density at radius 3 is 1.58 bits per heavy atom. The summed E-state index contributed by atoms with van der Waals surface area (Å²) in [6.45, 7) is 5.79. The molecule has 0 aliphatic rings. The smallest absolute Gasteiger partial charge is 0.462 e. The average Bonchev–Trinajstić information content (AvgIpc) is 3.19. The Kier molecular flexibility index (Phi) is 40.3. The standard InChI is InChI=1S/C49H85O9P/c1-4-5-6-7-8-9-10-17-21-24-27-30-34-39-46(50)40-35-32-37-41-48(51)56-43-47(44-57-59(53,54)55)58-49(52)42-36-31-28-25-22-19-16-14-12-11-13-15-18-20-23-26-29-33-38-45(2)3/h5-6,8-9,17,21,27,30,32,34-35,39,45-47,50H,4,7,10-16,18-20,22-26,28-29,31,33,36-38,40-44H2,1-3H3,(H2,53,54,55)/b6-5-,9-8-,21-17-,30-27-,35-32-,39-34-/t46?,47-/m1/s1. The molecule has 1 unspecified atom stereocenters. The van der Waals surface area contributed by atoms with Crippen molar-refractivity contribution in [2.24, 2.45) is 5.92 Å². The number of carbonyl (C=O) groups excluding carboxylic acids is 2. The molecule has 9 nitrogen and oxygen atoms in total. The van der Waals surface area contributed by atoms with Crippen LogP contribution in [0.3, 0.4) is 0 Å². The molecule has 0 bridgehead atoms. The molecule has 0 spiro atoms.